The first-order chi connectivity index (χ1) is 64.5. The molecule has 130 heavy (non-hydrogen) atoms. The van der Waals surface area contributed by atoms with Crippen LogP contribution in [0.15, 0.2) is 461 Å². The summed E-state index contributed by atoms with van der Waals surface area (Å²) in [5, 5.41) is 8.76. The van der Waals surface area contributed by atoms with Gasteiger partial charge in [-0.15, -0.1) is 0 Å². The molecule has 0 radical (unpaired) electrons. The largest absolute Gasteiger partial charge is 0.310 e. The van der Waals surface area contributed by atoms with Crippen LogP contribution in [0.1, 0.15) is 44.5 Å². The Morgan fingerprint density at radius 2 is 0.523 bits per heavy atom. The molecule has 2 spiro atoms. The maximum atomic E-state index is 5.61. The van der Waals surface area contributed by atoms with Gasteiger partial charge in [0.15, 0.2) is 5.82 Å². The van der Waals surface area contributed by atoms with Crippen molar-refractivity contribution in [3.05, 3.63) is 506 Å². The van der Waals surface area contributed by atoms with Crippen molar-refractivity contribution >= 4 is 99.3 Å². The lowest BCUT2D eigenvalue weighted by atomic mass is 9.64. The first-order valence-electron chi connectivity index (χ1n) is 44.5. The van der Waals surface area contributed by atoms with Crippen molar-refractivity contribution < 1.29 is 0 Å². The first-order valence-corrected chi connectivity index (χ1v) is 44.5. The number of pyridine rings is 4. The number of rotatable bonds is 9. The summed E-state index contributed by atoms with van der Waals surface area (Å²) in [6, 6.07) is 166. The molecule has 0 saturated carbocycles. The second kappa shape index (κ2) is 29.7. The maximum absolute atomic E-state index is 5.61. The van der Waals surface area contributed by atoms with Crippen molar-refractivity contribution in [2.45, 2.75) is 10.8 Å². The van der Waals surface area contributed by atoms with Gasteiger partial charge in [0, 0.05) is 82.6 Å². The molecule has 5 aromatic heterocycles. The molecule has 27 rings (SSSR count). The topological polar surface area (TPSA) is 83.8 Å². The van der Waals surface area contributed by atoms with Gasteiger partial charge in [-0.25, -0.2) is 29.9 Å². The van der Waals surface area contributed by atoms with Gasteiger partial charge in [0.05, 0.1) is 89.8 Å². The van der Waals surface area contributed by atoms with E-state index in [-0.39, 0.29) is 0 Å². The highest BCUT2D eigenvalue weighted by Crippen LogP contribution is 2.67. The normalized spacial score (nSPS) is 13.2. The third-order valence-electron chi connectivity index (χ3n) is 27.2. The lowest BCUT2D eigenvalue weighted by molar-refractivity contribution is 0.754. The quantitative estimate of drug-likeness (QED) is 0.132. The summed E-state index contributed by atoms with van der Waals surface area (Å²) in [6.45, 7) is 0. The maximum Gasteiger partial charge on any atom is 0.160 e. The van der Waals surface area contributed by atoms with Crippen LogP contribution >= 0.6 is 0 Å². The van der Waals surface area contributed by atoms with E-state index >= 15 is 0 Å². The zero-order valence-electron chi connectivity index (χ0n) is 70.5. The van der Waals surface area contributed by atoms with Gasteiger partial charge in [-0.3, -0.25) is 0 Å². The first kappa shape index (κ1) is 74.2. The van der Waals surface area contributed by atoms with Crippen LogP contribution in [0.4, 0.5) is 34.1 Å². The Balaban J connectivity index is 0.000000137. The average Bonchev–Trinajstić information content (AvgIpc) is 1.49. The van der Waals surface area contributed by atoms with E-state index in [2.05, 4.69) is 441 Å². The van der Waals surface area contributed by atoms with Crippen LogP contribution in [0.25, 0.3) is 166 Å². The van der Waals surface area contributed by atoms with Crippen LogP contribution in [-0.4, -0.2) is 29.9 Å². The minimum atomic E-state index is -0.597. The molecule has 8 nitrogen and oxygen atoms in total. The fraction of sp³-hybridized carbons (Fsp3) is 0.0164. The summed E-state index contributed by atoms with van der Waals surface area (Å²) >= 11 is 0. The van der Waals surface area contributed by atoms with Crippen LogP contribution in [0.2, 0.25) is 0 Å². The highest BCUT2D eigenvalue weighted by Gasteiger charge is 2.54. The zero-order valence-corrected chi connectivity index (χ0v) is 70.5. The van der Waals surface area contributed by atoms with E-state index in [9.17, 15) is 0 Å². The second-order valence-electron chi connectivity index (χ2n) is 34.2. The van der Waals surface area contributed by atoms with Gasteiger partial charge < -0.3 is 9.80 Å². The van der Waals surface area contributed by atoms with Crippen LogP contribution in [-0.2, 0) is 10.8 Å². The van der Waals surface area contributed by atoms with Gasteiger partial charge in [-0.05, 0) is 175 Å². The average molecular weight is 1650 g/mol. The van der Waals surface area contributed by atoms with Crippen molar-refractivity contribution in [1.82, 2.24) is 29.9 Å². The fourth-order valence-electron chi connectivity index (χ4n) is 21.6. The predicted molar refractivity (Wildman–Crippen MR) is 534 cm³/mol. The van der Waals surface area contributed by atoms with E-state index < -0.39 is 10.8 Å². The second-order valence-corrected chi connectivity index (χ2v) is 34.2. The fourth-order valence-corrected chi connectivity index (χ4v) is 21.6. The third kappa shape index (κ3) is 11.4. The van der Waals surface area contributed by atoms with Crippen molar-refractivity contribution in [3.63, 3.8) is 0 Å². The number of anilines is 6. The van der Waals surface area contributed by atoms with E-state index in [1.54, 1.807) is 0 Å². The Bertz CT molecular complexity index is 8400. The monoisotopic (exact) mass is 1650 g/mol. The Labute approximate surface area is 751 Å². The van der Waals surface area contributed by atoms with Gasteiger partial charge >= 0.3 is 0 Å². The standard InChI is InChI=1S/C62H38N4.C60H38N4/c1-4-16-39(17-5-1)54-34-31-41-28-29-42-32-35-55(64-61(42)60(41)63-54)43-30-33-47-48-37-53-58(38-49(48)59(65-56(47)36-43)40-18-6-2-7-19-40)66(44-20-8-3-9-21-44)57-27-15-14-26-52(57)62(53)50-24-12-10-22-45(50)46-23-11-13-25-51(46)62;1-5-19-39(20-6-1)54-38-55(63-59(62-54)41-23-9-3-10-24-41)42-33-34-53-47(35-42)46-36-52-57(37-48(46)58(61-53)40-21-7-2-8-22-40)64(43-25-11-4-12-26-43)56-32-18-17-31-51(56)60(52)49-29-15-13-27-44(49)45-28-14-16-30-50(45)60/h1-38H;1-38H. The molecular weight excluding hydrogens is 1580 g/mol. The molecule has 0 atom stereocenters. The molecule has 0 fully saturated rings. The molecule has 18 aromatic carbocycles. The van der Waals surface area contributed by atoms with E-state index in [1.165, 1.54) is 72.4 Å². The van der Waals surface area contributed by atoms with Crippen LogP contribution in [0.5, 0.6) is 0 Å². The van der Waals surface area contributed by atoms with Crippen molar-refractivity contribution in [2.24, 2.45) is 0 Å². The summed E-state index contributed by atoms with van der Waals surface area (Å²) in [4.78, 5) is 37.0. The van der Waals surface area contributed by atoms with Crippen molar-refractivity contribution in [2.75, 3.05) is 9.80 Å². The minimum Gasteiger partial charge on any atom is -0.310 e. The summed E-state index contributed by atoms with van der Waals surface area (Å²) in [6.07, 6.45) is 0. The smallest absolute Gasteiger partial charge is 0.160 e. The van der Waals surface area contributed by atoms with Gasteiger partial charge in [-0.1, -0.05) is 364 Å². The molecule has 23 aromatic rings. The molecule has 4 aliphatic rings. The lowest BCUT2D eigenvalue weighted by Crippen LogP contribution is -2.36. The summed E-state index contributed by atoms with van der Waals surface area (Å²) in [5.74, 6) is 0.689. The number of fused-ring (bicyclic) bond motifs is 27. The summed E-state index contributed by atoms with van der Waals surface area (Å²) < 4.78 is 0. The number of para-hydroxylation sites is 4. The van der Waals surface area contributed by atoms with Gasteiger partial charge in [0.1, 0.15) is 0 Å². The van der Waals surface area contributed by atoms with Crippen LogP contribution < -0.4 is 9.80 Å². The van der Waals surface area contributed by atoms with Gasteiger partial charge in [0.25, 0.3) is 0 Å². The van der Waals surface area contributed by atoms with Gasteiger partial charge in [-0.2, -0.15) is 0 Å². The molecule has 0 unspecified atom stereocenters. The molecule has 0 N–H and O–H groups in total. The highest BCUT2D eigenvalue weighted by molar-refractivity contribution is 6.17. The number of hydrogen-bond donors (Lipinski definition) is 0. The molecule has 8 heteroatoms. The van der Waals surface area contributed by atoms with Crippen molar-refractivity contribution in [1.29, 1.82) is 0 Å². The van der Waals surface area contributed by atoms with E-state index in [1.807, 2.05) is 30.3 Å². The molecule has 7 heterocycles. The molecule has 2 aliphatic heterocycles. The summed E-state index contributed by atoms with van der Waals surface area (Å²) in [7, 11) is 0. The summed E-state index contributed by atoms with van der Waals surface area (Å²) in [5.41, 5.74) is 37.2. The lowest BCUT2D eigenvalue weighted by Gasteiger charge is -2.45. The molecular formula is C122H76N8. The van der Waals surface area contributed by atoms with Crippen molar-refractivity contribution in [3.8, 4) is 101 Å². The van der Waals surface area contributed by atoms with E-state index in [4.69, 9.17) is 29.9 Å². The number of aromatic nitrogens is 6. The SMILES string of the molecule is c1ccc(-c2cc(-c3ccc4nc(-c5ccccc5)c5cc6c(cc5c4c3)C3(c4ccccc4-c4ccccc43)c3ccccc3N6c3ccccc3)nc(-c3ccccc3)n2)cc1.c1ccc(-c2ccc3ccc4ccc(-c5ccc6c(c5)nc(-c5ccccc5)c5cc7c(cc56)C5(c6ccccc6-c6ccccc65)c5ccccc5N7c5ccccc5)nc4c3n2)cc1. The highest BCUT2D eigenvalue weighted by atomic mass is 15.2. The Morgan fingerprint density at radius 1 is 0.177 bits per heavy atom. The number of hydrogen-bond acceptors (Lipinski definition) is 8. The molecule has 0 amide bonds. The molecule has 604 valence electrons. The Hall–Kier alpha value is -17.2. The number of benzene rings is 18. The number of nitrogens with zero attached hydrogens (tertiary/aromatic N) is 8. The Morgan fingerprint density at radius 3 is 0.985 bits per heavy atom. The molecule has 0 bridgehead atoms. The third-order valence-corrected chi connectivity index (χ3v) is 27.2. The van der Waals surface area contributed by atoms with E-state index in [0.717, 1.165) is 167 Å². The van der Waals surface area contributed by atoms with Crippen LogP contribution in [0.3, 0.4) is 0 Å². The van der Waals surface area contributed by atoms with Gasteiger partial charge in [0.2, 0.25) is 0 Å². The zero-order chi connectivity index (χ0) is 85.5. The van der Waals surface area contributed by atoms with Crippen LogP contribution in [0, 0.1) is 0 Å². The predicted octanol–water partition coefficient (Wildman–Crippen LogP) is 30.6. The molecule has 0 saturated heterocycles. The minimum absolute atomic E-state index is 0.576. The van der Waals surface area contributed by atoms with E-state index in [0.29, 0.717) is 5.82 Å². The molecule has 2 aliphatic carbocycles. The Kier molecular flexibility index (Phi) is 17.0.